The van der Waals surface area contributed by atoms with Crippen molar-refractivity contribution in [3.63, 3.8) is 0 Å². The molecule has 72 valence electrons. The predicted molar refractivity (Wildman–Crippen MR) is 50.0 cm³/mol. The molecular formula is C10H20O2. The molecule has 0 aliphatic heterocycles. The predicted octanol–water partition coefficient (Wildman–Crippen LogP) is 2.91. The summed E-state index contributed by atoms with van der Waals surface area (Å²) in [7, 11) is 0. The molecule has 0 aromatic carbocycles. The van der Waals surface area contributed by atoms with E-state index in [1.807, 2.05) is 0 Å². The highest BCUT2D eigenvalue weighted by molar-refractivity contribution is 5.38. The second-order valence-corrected chi connectivity index (χ2v) is 3.25. The SMILES string of the molecule is CCCC(CC)(CCC)OC=O. The van der Waals surface area contributed by atoms with Crippen LogP contribution in [0.5, 0.6) is 0 Å². The molecule has 0 fully saturated rings. The first-order chi connectivity index (χ1) is 5.74. The van der Waals surface area contributed by atoms with Gasteiger partial charge in [0.15, 0.2) is 0 Å². The van der Waals surface area contributed by atoms with Crippen LogP contribution in [-0.4, -0.2) is 12.1 Å². The third-order valence-electron chi connectivity index (χ3n) is 2.35. The number of carbonyl (C=O) groups is 1. The van der Waals surface area contributed by atoms with Crippen molar-refractivity contribution in [3.05, 3.63) is 0 Å². The highest BCUT2D eigenvalue weighted by Crippen LogP contribution is 2.26. The molecule has 0 N–H and O–H groups in total. The van der Waals surface area contributed by atoms with Gasteiger partial charge in [-0.05, 0) is 19.3 Å². The standard InChI is InChI=1S/C10H20O2/c1-4-7-10(6-3,8-5-2)12-9-11/h9H,4-8H2,1-3H3. The minimum atomic E-state index is -0.175. The van der Waals surface area contributed by atoms with Crippen molar-refractivity contribution in [2.45, 2.75) is 58.5 Å². The van der Waals surface area contributed by atoms with Gasteiger partial charge >= 0.3 is 0 Å². The molecule has 0 aromatic rings. The third-order valence-corrected chi connectivity index (χ3v) is 2.35. The summed E-state index contributed by atoms with van der Waals surface area (Å²) in [6, 6.07) is 0. The molecule has 0 aromatic heterocycles. The van der Waals surface area contributed by atoms with Crippen molar-refractivity contribution in [3.8, 4) is 0 Å². The Morgan fingerprint density at radius 1 is 1.17 bits per heavy atom. The summed E-state index contributed by atoms with van der Waals surface area (Å²) in [4.78, 5) is 10.3. The molecule has 0 saturated carbocycles. The zero-order valence-corrected chi connectivity index (χ0v) is 8.43. The van der Waals surface area contributed by atoms with E-state index in [0.717, 1.165) is 32.1 Å². The molecular weight excluding hydrogens is 152 g/mol. The summed E-state index contributed by atoms with van der Waals surface area (Å²) in [5.74, 6) is 0. The van der Waals surface area contributed by atoms with Gasteiger partial charge in [-0.15, -0.1) is 0 Å². The van der Waals surface area contributed by atoms with E-state index in [-0.39, 0.29) is 5.60 Å². The smallest absolute Gasteiger partial charge is 0.293 e. The van der Waals surface area contributed by atoms with Gasteiger partial charge in [-0.25, -0.2) is 0 Å². The van der Waals surface area contributed by atoms with E-state index in [1.54, 1.807) is 0 Å². The van der Waals surface area contributed by atoms with Crippen LogP contribution in [0.4, 0.5) is 0 Å². The van der Waals surface area contributed by atoms with Crippen molar-refractivity contribution < 1.29 is 9.53 Å². The molecule has 0 saturated heterocycles. The highest BCUT2D eigenvalue weighted by Gasteiger charge is 2.27. The van der Waals surface area contributed by atoms with Crippen LogP contribution in [0.3, 0.4) is 0 Å². The summed E-state index contributed by atoms with van der Waals surface area (Å²) >= 11 is 0. The second-order valence-electron chi connectivity index (χ2n) is 3.25. The maximum atomic E-state index is 10.3. The minimum absolute atomic E-state index is 0.175. The molecule has 0 heterocycles. The van der Waals surface area contributed by atoms with E-state index < -0.39 is 0 Å². The largest absolute Gasteiger partial charge is 0.461 e. The van der Waals surface area contributed by atoms with E-state index in [1.165, 1.54) is 0 Å². The zero-order valence-electron chi connectivity index (χ0n) is 8.43. The molecule has 0 atom stereocenters. The Balaban J connectivity index is 4.15. The van der Waals surface area contributed by atoms with Gasteiger partial charge in [0.25, 0.3) is 6.47 Å². The topological polar surface area (TPSA) is 26.3 Å². The first-order valence-electron chi connectivity index (χ1n) is 4.86. The van der Waals surface area contributed by atoms with E-state index >= 15 is 0 Å². The molecule has 0 spiro atoms. The van der Waals surface area contributed by atoms with Crippen LogP contribution in [0, 0.1) is 0 Å². The van der Waals surface area contributed by atoms with Crippen LogP contribution < -0.4 is 0 Å². The van der Waals surface area contributed by atoms with Gasteiger partial charge in [-0.3, -0.25) is 4.79 Å². The molecule has 0 rings (SSSR count). The maximum Gasteiger partial charge on any atom is 0.293 e. The van der Waals surface area contributed by atoms with Gasteiger partial charge in [0.1, 0.15) is 5.60 Å². The van der Waals surface area contributed by atoms with Crippen molar-refractivity contribution in [2.75, 3.05) is 0 Å². The zero-order chi connectivity index (χ0) is 9.45. The first-order valence-corrected chi connectivity index (χ1v) is 4.86. The summed E-state index contributed by atoms with van der Waals surface area (Å²) < 4.78 is 5.18. The van der Waals surface area contributed by atoms with Gasteiger partial charge in [-0.1, -0.05) is 33.6 Å². The number of hydrogen-bond donors (Lipinski definition) is 0. The Kier molecular flexibility index (Phi) is 5.77. The van der Waals surface area contributed by atoms with E-state index in [0.29, 0.717) is 6.47 Å². The van der Waals surface area contributed by atoms with Crippen LogP contribution in [0.25, 0.3) is 0 Å². The Morgan fingerprint density at radius 3 is 1.92 bits per heavy atom. The van der Waals surface area contributed by atoms with Gasteiger partial charge in [0, 0.05) is 0 Å². The molecule has 0 amide bonds. The monoisotopic (exact) mass is 172 g/mol. The maximum absolute atomic E-state index is 10.3. The van der Waals surface area contributed by atoms with Gasteiger partial charge < -0.3 is 4.74 Å². The summed E-state index contributed by atoms with van der Waals surface area (Å²) in [6.07, 6.45) is 5.03. The molecule has 0 unspecified atom stereocenters. The van der Waals surface area contributed by atoms with Crippen LogP contribution in [0.15, 0.2) is 0 Å². The highest BCUT2D eigenvalue weighted by atomic mass is 16.5. The Morgan fingerprint density at radius 2 is 1.67 bits per heavy atom. The van der Waals surface area contributed by atoms with Gasteiger partial charge in [0.05, 0.1) is 0 Å². The van der Waals surface area contributed by atoms with Crippen molar-refractivity contribution >= 4 is 6.47 Å². The normalized spacial score (nSPS) is 11.2. The van der Waals surface area contributed by atoms with Crippen molar-refractivity contribution in [1.82, 2.24) is 0 Å². The molecule has 0 bridgehead atoms. The van der Waals surface area contributed by atoms with Crippen LogP contribution in [0.2, 0.25) is 0 Å². The molecule has 0 aliphatic rings. The minimum Gasteiger partial charge on any atom is -0.461 e. The fraction of sp³-hybridized carbons (Fsp3) is 0.900. The van der Waals surface area contributed by atoms with E-state index in [2.05, 4.69) is 20.8 Å². The van der Waals surface area contributed by atoms with Gasteiger partial charge in [-0.2, -0.15) is 0 Å². The number of hydrogen-bond acceptors (Lipinski definition) is 2. The fourth-order valence-electron chi connectivity index (χ4n) is 1.69. The van der Waals surface area contributed by atoms with Crippen LogP contribution in [0.1, 0.15) is 52.9 Å². The Bertz CT molecular complexity index is 115. The summed E-state index contributed by atoms with van der Waals surface area (Å²) in [6.45, 7) is 6.91. The van der Waals surface area contributed by atoms with Crippen LogP contribution in [-0.2, 0) is 9.53 Å². The summed E-state index contributed by atoms with van der Waals surface area (Å²) in [5.41, 5.74) is -0.175. The number of rotatable bonds is 7. The van der Waals surface area contributed by atoms with Crippen LogP contribution >= 0.6 is 0 Å². The van der Waals surface area contributed by atoms with E-state index in [4.69, 9.17) is 4.74 Å². The Labute approximate surface area is 75.3 Å². The fourth-order valence-corrected chi connectivity index (χ4v) is 1.69. The average molecular weight is 172 g/mol. The molecule has 0 radical (unpaired) electrons. The van der Waals surface area contributed by atoms with E-state index in [9.17, 15) is 4.79 Å². The Hall–Kier alpha value is -0.530. The summed E-state index contributed by atoms with van der Waals surface area (Å²) in [5, 5.41) is 0. The lowest BCUT2D eigenvalue weighted by Crippen LogP contribution is -2.31. The molecule has 0 aliphatic carbocycles. The van der Waals surface area contributed by atoms with Crippen molar-refractivity contribution in [1.29, 1.82) is 0 Å². The van der Waals surface area contributed by atoms with Crippen molar-refractivity contribution in [2.24, 2.45) is 0 Å². The quantitative estimate of drug-likeness (QED) is 0.552. The molecule has 2 nitrogen and oxygen atoms in total. The molecule has 12 heavy (non-hydrogen) atoms. The third kappa shape index (κ3) is 3.24. The lowest BCUT2D eigenvalue weighted by atomic mass is 9.90. The number of ether oxygens (including phenoxy) is 1. The first kappa shape index (κ1) is 11.5. The molecule has 2 heteroatoms. The van der Waals surface area contributed by atoms with Gasteiger partial charge in [0.2, 0.25) is 0 Å². The lowest BCUT2D eigenvalue weighted by molar-refractivity contribution is -0.145. The average Bonchev–Trinajstić information content (AvgIpc) is 2.06. The lowest BCUT2D eigenvalue weighted by Gasteiger charge is -2.30. The number of carbonyl (C=O) groups excluding carboxylic acids is 1. The second kappa shape index (κ2) is 6.04.